The van der Waals surface area contributed by atoms with E-state index in [4.69, 9.17) is 19.3 Å². The molecule has 0 saturated heterocycles. The largest absolute Gasteiger partial charge is 0.462 e. The number of benzene rings is 1. The summed E-state index contributed by atoms with van der Waals surface area (Å²) in [4.78, 5) is 50.3. The number of nitrogens with one attached hydrogen (secondary N) is 3. The van der Waals surface area contributed by atoms with Gasteiger partial charge in [-0.25, -0.2) is 9.59 Å². The molecule has 4 N–H and O–H groups in total. The molecule has 40 heavy (non-hydrogen) atoms. The SMILES string of the molecule is C=CC[C@@H](CC(=O)NCCOCCO)C(=O)N[C@H](COC(=O)[C@@H](CC=C)NC(=O)OCc1ccccc1)C(C)C. The van der Waals surface area contributed by atoms with Crippen LogP contribution in [-0.2, 0) is 35.2 Å². The summed E-state index contributed by atoms with van der Waals surface area (Å²) in [5.74, 6) is -2.14. The van der Waals surface area contributed by atoms with Crippen molar-refractivity contribution in [2.45, 2.75) is 51.8 Å². The molecule has 3 amide bonds. The predicted molar refractivity (Wildman–Crippen MR) is 150 cm³/mol. The maximum absolute atomic E-state index is 13.0. The zero-order valence-electron chi connectivity index (χ0n) is 23.4. The third-order valence-electron chi connectivity index (χ3n) is 5.79. The Bertz CT molecular complexity index is 938. The molecule has 1 aromatic rings. The second-order valence-electron chi connectivity index (χ2n) is 9.38. The molecule has 11 heteroatoms. The van der Waals surface area contributed by atoms with E-state index in [1.165, 1.54) is 6.08 Å². The lowest BCUT2D eigenvalue weighted by Gasteiger charge is -2.26. The summed E-state index contributed by atoms with van der Waals surface area (Å²) < 4.78 is 15.7. The van der Waals surface area contributed by atoms with Gasteiger partial charge in [-0.15, -0.1) is 13.2 Å². The van der Waals surface area contributed by atoms with E-state index in [1.807, 2.05) is 44.2 Å². The highest BCUT2D eigenvalue weighted by Crippen LogP contribution is 2.13. The molecule has 3 atom stereocenters. The molecule has 0 aliphatic rings. The minimum atomic E-state index is -1.01. The second kappa shape index (κ2) is 20.2. The number of carbonyl (C=O) groups is 4. The molecule has 0 unspecified atom stereocenters. The van der Waals surface area contributed by atoms with Crippen LogP contribution in [-0.4, -0.2) is 74.0 Å². The summed E-state index contributed by atoms with van der Waals surface area (Å²) >= 11 is 0. The summed E-state index contributed by atoms with van der Waals surface area (Å²) in [6, 6.07) is 7.57. The van der Waals surface area contributed by atoms with Gasteiger partial charge >= 0.3 is 12.1 Å². The lowest BCUT2D eigenvalue weighted by molar-refractivity contribution is -0.148. The standard InChI is InChI=1S/C29H43N3O8/c1-5-10-23(18-26(34)30-14-16-38-17-15-33)27(35)31-25(21(3)4)20-39-28(36)24(11-6-2)32-29(37)40-19-22-12-8-7-9-13-22/h5-9,12-13,21,23-25,33H,1-2,10-11,14-20H2,3-4H3,(H,30,34)(H,31,35)(H,32,37)/t23-,24+,25+/m0/s1. The first kappa shape index (κ1) is 34.3. The Morgan fingerprint density at radius 3 is 2.30 bits per heavy atom. The molecule has 0 heterocycles. The van der Waals surface area contributed by atoms with Crippen LogP contribution in [0.3, 0.4) is 0 Å². The van der Waals surface area contributed by atoms with Crippen molar-refractivity contribution in [1.29, 1.82) is 0 Å². The average Bonchev–Trinajstić information content (AvgIpc) is 2.93. The highest BCUT2D eigenvalue weighted by Gasteiger charge is 2.27. The number of carbonyl (C=O) groups excluding carboxylic acids is 4. The van der Waals surface area contributed by atoms with E-state index in [0.29, 0.717) is 0 Å². The fourth-order valence-electron chi connectivity index (χ4n) is 3.47. The van der Waals surface area contributed by atoms with Gasteiger partial charge in [-0.2, -0.15) is 0 Å². The topological polar surface area (TPSA) is 152 Å². The molecule has 11 nitrogen and oxygen atoms in total. The van der Waals surface area contributed by atoms with Crippen LogP contribution in [0.5, 0.6) is 0 Å². The van der Waals surface area contributed by atoms with Crippen LogP contribution in [0.1, 0.15) is 38.7 Å². The van der Waals surface area contributed by atoms with E-state index >= 15 is 0 Å². The fourth-order valence-corrected chi connectivity index (χ4v) is 3.47. The number of esters is 1. The Kier molecular flexibility index (Phi) is 17.4. The van der Waals surface area contributed by atoms with Gasteiger partial charge in [0.25, 0.3) is 0 Å². The number of rotatable bonds is 20. The molecule has 0 aliphatic heterocycles. The molecule has 0 aliphatic carbocycles. The fraction of sp³-hybridized carbons (Fsp3) is 0.517. The van der Waals surface area contributed by atoms with Crippen LogP contribution in [0.2, 0.25) is 0 Å². The van der Waals surface area contributed by atoms with Gasteiger partial charge in [0.05, 0.1) is 31.8 Å². The van der Waals surface area contributed by atoms with E-state index in [9.17, 15) is 19.2 Å². The van der Waals surface area contributed by atoms with Crippen LogP contribution >= 0.6 is 0 Å². The normalized spacial score (nSPS) is 12.9. The molecule has 0 bridgehead atoms. The minimum Gasteiger partial charge on any atom is -0.462 e. The first-order valence-corrected chi connectivity index (χ1v) is 13.3. The van der Waals surface area contributed by atoms with Crippen LogP contribution in [0.4, 0.5) is 4.79 Å². The number of aliphatic hydroxyl groups is 1. The lowest BCUT2D eigenvalue weighted by Crippen LogP contribution is -2.47. The molecule has 1 rings (SSSR count). The smallest absolute Gasteiger partial charge is 0.408 e. The van der Waals surface area contributed by atoms with E-state index in [-0.39, 0.29) is 76.6 Å². The molecule has 1 aromatic carbocycles. The summed E-state index contributed by atoms with van der Waals surface area (Å²) in [6.07, 6.45) is 2.62. The number of hydrogen-bond acceptors (Lipinski definition) is 8. The Balaban J connectivity index is 2.64. The molecule has 0 radical (unpaired) electrons. The summed E-state index contributed by atoms with van der Waals surface area (Å²) in [7, 11) is 0. The van der Waals surface area contributed by atoms with E-state index in [0.717, 1.165) is 5.56 Å². The number of aliphatic hydroxyl groups excluding tert-OH is 1. The van der Waals surface area contributed by atoms with Crippen molar-refractivity contribution < 1.29 is 38.5 Å². The maximum Gasteiger partial charge on any atom is 0.408 e. The minimum absolute atomic E-state index is 0.0470. The highest BCUT2D eigenvalue weighted by atomic mass is 16.6. The molecule has 0 aromatic heterocycles. The van der Waals surface area contributed by atoms with Crippen molar-refractivity contribution >= 4 is 23.9 Å². The lowest BCUT2D eigenvalue weighted by atomic mass is 9.97. The number of hydrogen-bond donors (Lipinski definition) is 4. The van der Waals surface area contributed by atoms with E-state index in [2.05, 4.69) is 29.1 Å². The van der Waals surface area contributed by atoms with Crippen LogP contribution in [0, 0.1) is 11.8 Å². The number of alkyl carbamates (subject to hydrolysis) is 1. The van der Waals surface area contributed by atoms with Crippen molar-refractivity contribution in [2.75, 3.05) is 33.0 Å². The van der Waals surface area contributed by atoms with Gasteiger partial charge in [0.1, 0.15) is 19.3 Å². The molecule has 0 saturated carbocycles. The Morgan fingerprint density at radius 1 is 0.975 bits per heavy atom. The number of amides is 3. The van der Waals surface area contributed by atoms with Gasteiger partial charge in [-0.3, -0.25) is 9.59 Å². The van der Waals surface area contributed by atoms with Gasteiger partial charge in [0.2, 0.25) is 11.8 Å². The average molecular weight is 562 g/mol. The Morgan fingerprint density at radius 2 is 1.68 bits per heavy atom. The summed E-state index contributed by atoms with van der Waals surface area (Å²) in [6.45, 7) is 11.5. The summed E-state index contributed by atoms with van der Waals surface area (Å²) in [5.41, 5.74) is 0.801. The molecule has 222 valence electrons. The number of ether oxygens (including phenoxy) is 3. The zero-order valence-corrected chi connectivity index (χ0v) is 23.4. The van der Waals surface area contributed by atoms with Crippen molar-refractivity contribution in [3.8, 4) is 0 Å². The Hall–Kier alpha value is -3.70. The summed E-state index contributed by atoms with van der Waals surface area (Å²) in [5, 5.41) is 16.8. The third-order valence-corrected chi connectivity index (χ3v) is 5.79. The molecular formula is C29H43N3O8. The van der Waals surface area contributed by atoms with Gasteiger partial charge in [0.15, 0.2) is 0 Å². The van der Waals surface area contributed by atoms with Gasteiger partial charge in [-0.05, 0) is 24.3 Å². The van der Waals surface area contributed by atoms with Gasteiger partial charge < -0.3 is 35.3 Å². The van der Waals surface area contributed by atoms with E-state index in [1.54, 1.807) is 6.08 Å². The van der Waals surface area contributed by atoms with Crippen LogP contribution in [0.25, 0.3) is 0 Å². The van der Waals surface area contributed by atoms with Crippen molar-refractivity contribution in [2.24, 2.45) is 11.8 Å². The number of allylic oxidation sites excluding steroid dienone is 1. The molecular weight excluding hydrogens is 518 g/mol. The van der Waals surface area contributed by atoms with Crippen molar-refractivity contribution in [3.63, 3.8) is 0 Å². The monoisotopic (exact) mass is 561 g/mol. The second-order valence-corrected chi connectivity index (χ2v) is 9.38. The zero-order chi connectivity index (χ0) is 29.8. The first-order chi connectivity index (χ1) is 19.2. The first-order valence-electron chi connectivity index (χ1n) is 13.3. The van der Waals surface area contributed by atoms with Gasteiger partial charge in [0, 0.05) is 13.0 Å². The predicted octanol–water partition coefficient (Wildman–Crippen LogP) is 2.25. The highest BCUT2D eigenvalue weighted by molar-refractivity contribution is 5.86. The molecule has 0 fully saturated rings. The van der Waals surface area contributed by atoms with Crippen molar-refractivity contribution in [1.82, 2.24) is 16.0 Å². The maximum atomic E-state index is 13.0. The Labute approximate surface area is 236 Å². The van der Waals surface area contributed by atoms with Crippen molar-refractivity contribution in [3.05, 3.63) is 61.2 Å². The van der Waals surface area contributed by atoms with Crippen LogP contribution in [0.15, 0.2) is 55.6 Å². The van der Waals surface area contributed by atoms with E-state index < -0.39 is 30.1 Å². The molecule has 0 spiro atoms. The van der Waals surface area contributed by atoms with Gasteiger partial charge in [-0.1, -0.05) is 56.3 Å². The quantitative estimate of drug-likeness (QED) is 0.107. The third kappa shape index (κ3) is 14.5. The van der Waals surface area contributed by atoms with Crippen LogP contribution < -0.4 is 16.0 Å².